The summed E-state index contributed by atoms with van der Waals surface area (Å²) in [5, 5.41) is 3.31. The number of ether oxygens (including phenoxy) is 1. The number of piperazine rings is 1. The molecule has 0 radical (unpaired) electrons. The summed E-state index contributed by atoms with van der Waals surface area (Å²) >= 11 is 0. The van der Waals surface area contributed by atoms with Gasteiger partial charge in [-0.2, -0.15) is 0 Å². The molecule has 1 aromatic carbocycles. The lowest BCUT2D eigenvalue weighted by atomic mass is 9.85. The van der Waals surface area contributed by atoms with Gasteiger partial charge in [-0.3, -0.25) is 19.3 Å². The van der Waals surface area contributed by atoms with Crippen molar-refractivity contribution in [1.82, 2.24) is 15.1 Å². The molecule has 168 valence electrons. The molecule has 8 nitrogen and oxygen atoms in total. The number of amides is 2. The van der Waals surface area contributed by atoms with E-state index in [-0.39, 0.29) is 30.4 Å². The van der Waals surface area contributed by atoms with Gasteiger partial charge in [-0.05, 0) is 44.5 Å². The maximum Gasteiger partial charge on any atom is 0.320 e. The standard InChI is InChI=1S/C23H32N4O4/c1-3-31-23(30)19-20(17-6-4-5-7-18(17)25(2)22(19)29)26-12-14-27(15-13-26)21(28)16-8-10-24-11-9-16/h4-7,16,19-20,24H,3,8-15H2,1-2H3. The number of carbonyl (C=O) groups is 3. The van der Waals surface area contributed by atoms with Crippen LogP contribution in [0.1, 0.15) is 31.4 Å². The smallest absolute Gasteiger partial charge is 0.320 e. The number of fused-ring (bicyclic) bond motifs is 1. The van der Waals surface area contributed by atoms with E-state index in [9.17, 15) is 14.4 Å². The fourth-order valence-corrected chi connectivity index (χ4v) is 5.10. The van der Waals surface area contributed by atoms with Crippen molar-refractivity contribution in [3.8, 4) is 0 Å². The van der Waals surface area contributed by atoms with Crippen LogP contribution >= 0.6 is 0 Å². The molecule has 2 amide bonds. The summed E-state index contributed by atoms with van der Waals surface area (Å²) in [5.41, 5.74) is 1.78. The van der Waals surface area contributed by atoms with E-state index in [0.29, 0.717) is 26.2 Å². The van der Waals surface area contributed by atoms with Gasteiger partial charge in [0.15, 0.2) is 5.92 Å². The van der Waals surface area contributed by atoms with Gasteiger partial charge in [0.05, 0.1) is 12.6 Å². The lowest BCUT2D eigenvalue weighted by Crippen LogP contribution is -2.56. The summed E-state index contributed by atoms with van der Waals surface area (Å²) in [7, 11) is 1.71. The van der Waals surface area contributed by atoms with Crippen LogP contribution in [0.2, 0.25) is 0 Å². The molecule has 4 rings (SSSR count). The van der Waals surface area contributed by atoms with Crippen LogP contribution in [0.4, 0.5) is 5.69 Å². The minimum atomic E-state index is -0.897. The third kappa shape index (κ3) is 4.19. The van der Waals surface area contributed by atoms with Gasteiger partial charge in [-0.1, -0.05) is 18.2 Å². The van der Waals surface area contributed by atoms with E-state index in [4.69, 9.17) is 4.74 Å². The normalized spacial score (nSPS) is 25.3. The molecule has 31 heavy (non-hydrogen) atoms. The van der Waals surface area contributed by atoms with Crippen molar-refractivity contribution in [3.63, 3.8) is 0 Å². The molecule has 2 saturated heterocycles. The number of para-hydroxylation sites is 1. The van der Waals surface area contributed by atoms with Gasteiger partial charge in [-0.15, -0.1) is 0 Å². The highest BCUT2D eigenvalue weighted by atomic mass is 16.5. The molecule has 0 bridgehead atoms. The number of hydrogen-bond donors (Lipinski definition) is 1. The first-order valence-corrected chi connectivity index (χ1v) is 11.3. The lowest BCUT2D eigenvalue weighted by Gasteiger charge is -2.45. The van der Waals surface area contributed by atoms with Gasteiger partial charge in [0, 0.05) is 44.8 Å². The zero-order valence-corrected chi connectivity index (χ0v) is 18.4. The quantitative estimate of drug-likeness (QED) is 0.570. The Hall–Kier alpha value is -2.45. The van der Waals surface area contributed by atoms with Crippen LogP contribution in [0, 0.1) is 11.8 Å². The Labute approximate surface area is 183 Å². The van der Waals surface area contributed by atoms with Gasteiger partial charge < -0.3 is 19.9 Å². The molecule has 2 unspecified atom stereocenters. The van der Waals surface area contributed by atoms with Crippen molar-refractivity contribution in [2.24, 2.45) is 11.8 Å². The number of nitrogens with one attached hydrogen (secondary N) is 1. The Balaban J connectivity index is 1.55. The first-order chi connectivity index (χ1) is 15.0. The SMILES string of the molecule is CCOC(=O)C1C(=O)N(C)c2ccccc2C1N1CCN(C(=O)C2CCNCC2)CC1. The second-order valence-corrected chi connectivity index (χ2v) is 8.52. The van der Waals surface area contributed by atoms with Crippen molar-refractivity contribution < 1.29 is 19.1 Å². The van der Waals surface area contributed by atoms with Gasteiger partial charge in [0.2, 0.25) is 11.8 Å². The van der Waals surface area contributed by atoms with Crippen LogP contribution in [-0.2, 0) is 19.1 Å². The van der Waals surface area contributed by atoms with Gasteiger partial charge in [0.25, 0.3) is 0 Å². The first-order valence-electron chi connectivity index (χ1n) is 11.3. The molecule has 3 aliphatic rings. The lowest BCUT2D eigenvalue weighted by molar-refractivity contribution is -0.156. The van der Waals surface area contributed by atoms with Crippen LogP contribution in [0.15, 0.2) is 24.3 Å². The van der Waals surface area contributed by atoms with Crippen molar-refractivity contribution in [2.75, 3.05) is 57.8 Å². The van der Waals surface area contributed by atoms with Crippen LogP contribution in [-0.4, -0.2) is 80.5 Å². The molecule has 8 heteroatoms. The summed E-state index contributed by atoms with van der Waals surface area (Å²) < 4.78 is 5.29. The van der Waals surface area contributed by atoms with Crippen LogP contribution < -0.4 is 10.2 Å². The highest BCUT2D eigenvalue weighted by molar-refractivity contribution is 6.09. The van der Waals surface area contributed by atoms with Crippen molar-refractivity contribution in [1.29, 1.82) is 0 Å². The van der Waals surface area contributed by atoms with Gasteiger partial charge in [0.1, 0.15) is 0 Å². The Morgan fingerprint density at radius 3 is 2.45 bits per heavy atom. The Morgan fingerprint density at radius 1 is 1.10 bits per heavy atom. The molecule has 3 heterocycles. The predicted octanol–water partition coefficient (Wildman–Crippen LogP) is 1.03. The molecule has 0 spiro atoms. The Morgan fingerprint density at radius 2 is 1.77 bits per heavy atom. The second-order valence-electron chi connectivity index (χ2n) is 8.52. The zero-order valence-electron chi connectivity index (χ0n) is 18.4. The largest absolute Gasteiger partial charge is 0.465 e. The van der Waals surface area contributed by atoms with Crippen LogP contribution in [0.25, 0.3) is 0 Å². The van der Waals surface area contributed by atoms with E-state index >= 15 is 0 Å². The third-order valence-corrected chi connectivity index (χ3v) is 6.78. The summed E-state index contributed by atoms with van der Waals surface area (Å²) in [6.45, 7) is 6.26. The maximum atomic E-state index is 13.2. The molecule has 1 aromatic rings. The first kappa shape index (κ1) is 21.8. The number of carbonyl (C=O) groups excluding carboxylic acids is 3. The number of anilines is 1. The summed E-state index contributed by atoms with van der Waals surface area (Å²) in [6.07, 6.45) is 1.78. The minimum Gasteiger partial charge on any atom is -0.465 e. The van der Waals surface area contributed by atoms with E-state index in [2.05, 4.69) is 10.2 Å². The fraction of sp³-hybridized carbons (Fsp3) is 0.609. The average Bonchev–Trinajstić information content (AvgIpc) is 2.81. The van der Waals surface area contributed by atoms with Gasteiger partial charge in [-0.25, -0.2) is 0 Å². The molecule has 3 aliphatic heterocycles. The number of nitrogens with zero attached hydrogens (tertiary/aromatic N) is 3. The number of piperidine rings is 1. The topological polar surface area (TPSA) is 82.2 Å². The highest BCUT2D eigenvalue weighted by Gasteiger charge is 2.47. The molecular formula is C23H32N4O4. The third-order valence-electron chi connectivity index (χ3n) is 6.78. The number of esters is 1. The molecule has 0 aromatic heterocycles. The van der Waals surface area contributed by atoms with Crippen molar-refractivity contribution in [2.45, 2.75) is 25.8 Å². The second kappa shape index (κ2) is 9.36. The van der Waals surface area contributed by atoms with Crippen LogP contribution in [0.3, 0.4) is 0 Å². The van der Waals surface area contributed by atoms with Gasteiger partial charge >= 0.3 is 5.97 Å². The molecule has 1 N–H and O–H groups in total. The predicted molar refractivity (Wildman–Crippen MR) is 116 cm³/mol. The minimum absolute atomic E-state index is 0.103. The molecular weight excluding hydrogens is 396 g/mol. The van der Waals surface area contributed by atoms with E-state index < -0.39 is 11.9 Å². The van der Waals surface area contributed by atoms with E-state index in [1.807, 2.05) is 29.2 Å². The van der Waals surface area contributed by atoms with E-state index in [0.717, 1.165) is 37.2 Å². The molecule has 0 saturated carbocycles. The monoisotopic (exact) mass is 428 g/mol. The molecule has 2 fully saturated rings. The average molecular weight is 429 g/mol. The zero-order chi connectivity index (χ0) is 22.0. The number of hydrogen-bond acceptors (Lipinski definition) is 6. The summed E-state index contributed by atoms with van der Waals surface area (Å²) in [4.78, 5) is 44.6. The molecule has 0 aliphatic carbocycles. The van der Waals surface area contributed by atoms with Crippen molar-refractivity contribution in [3.05, 3.63) is 29.8 Å². The van der Waals surface area contributed by atoms with E-state index in [1.165, 1.54) is 0 Å². The van der Waals surface area contributed by atoms with Crippen molar-refractivity contribution >= 4 is 23.5 Å². The van der Waals surface area contributed by atoms with E-state index in [1.54, 1.807) is 18.9 Å². The highest BCUT2D eigenvalue weighted by Crippen LogP contribution is 2.41. The summed E-state index contributed by atoms with van der Waals surface area (Å²) in [6, 6.07) is 7.37. The maximum absolute atomic E-state index is 13.2. The number of benzene rings is 1. The fourth-order valence-electron chi connectivity index (χ4n) is 5.10. The Kier molecular flexibility index (Phi) is 6.57. The summed E-state index contributed by atoms with van der Waals surface area (Å²) in [5.74, 6) is -1.28. The Bertz CT molecular complexity index is 831. The molecule has 2 atom stereocenters. The van der Waals surface area contributed by atoms with Crippen LogP contribution in [0.5, 0.6) is 0 Å². The number of rotatable bonds is 4.